The van der Waals surface area contributed by atoms with E-state index in [1.54, 1.807) is 54.6 Å². The van der Waals surface area contributed by atoms with Crippen LogP contribution in [-0.4, -0.2) is 50.8 Å². The number of anilines is 2. The highest BCUT2D eigenvalue weighted by Crippen LogP contribution is 2.66. The van der Waals surface area contributed by atoms with Crippen LogP contribution in [0.1, 0.15) is 35.4 Å². The van der Waals surface area contributed by atoms with Crippen LogP contribution in [0.25, 0.3) is 22.6 Å². The number of alkyl halides is 3. The number of benzene rings is 4. The summed E-state index contributed by atoms with van der Waals surface area (Å²) in [5.74, 6) is -7.85. The Morgan fingerprint density at radius 1 is 0.923 bits per heavy atom. The molecule has 65 heavy (non-hydrogen) atoms. The van der Waals surface area contributed by atoms with Crippen molar-refractivity contribution in [2.45, 2.75) is 30.4 Å². The zero-order valence-electron chi connectivity index (χ0n) is 33.4. The lowest BCUT2D eigenvalue weighted by molar-refractivity contribution is -0.139. The van der Waals surface area contributed by atoms with Gasteiger partial charge >= 0.3 is 6.18 Å². The largest absolute Gasteiger partial charge is 0.503 e. The molecule has 0 unspecified atom stereocenters. The normalized spacial score (nSPS) is 24.0. The van der Waals surface area contributed by atoms with Crippen molar-refractivity contribution < 1.29 is 46.6 Å². The standard InChI is InChI=1S/C46H30Br2Cl2F3N5O7/c1-64-33-18-28(36(47)37(48)38(33)59)35-25-14-15-26-34(43(62)57(41(26)60)24-12-6-20(7-13-24)40-55-31-4-2-3-5-32(31)65-40)27(25)17-29-42(61)58(44(63)45(29,35)21-8-10-23(49)11-9-21)56-39-30(50)16-22(19-54-39)46(51,52)53/h2-14,16,18-19,26-27,29,34-35,59H,15,17H2,1H3,(H,54,56)/t26-,27+,29-,34-,35+,45+/m0/s1. The molecule has 3 fully saturated rings. The van der Waals surface area contributed by atoms with E-state index in [1.807, 2.05) is 24.3 Å². The number of hydrazine groups is 1. The van der Waals surface area contributed by atoms with Crippen molar-refractivity contribution in [3.8, 4) is 23.0 Å². The smallest absolute Gasteiger partial charge is 0.417 e. The molecule has 6 atom stereocenters. The molecule has 0 spiro atoms. The van der Waals surface area contributed by atoms with Gasteiger partial charge in [-0.3, -0.25) is 29.5 Å². The van der Waals surface area contributed by atoms with Gasteiger partial charge in [0, 0.05) is 27.2 Å². The van der Waals surface area contributed by atoms with Crippen molar-refractivity contribution in [3.05, 3.63) is 138 Å². The summed E-state index contributed by atoms with van der Waals surface area (Å²) < 4.78 is 52.9. The number of nitrogens with zero attached hydrogens (tertiary/aromatic N) is 4. The van der Waals surface area contributed by atoms with E-state index in [0.717, 1.165) is 4.90 Å². The summed E-state index contributed by atoms with van der Waals surface area (Å²) >= 11 is 19.8. The van der Waals surface area contributed by atoms with Gasteiger partial charge in [-0.25, -0.2) is 9.97 Å². The number of phenolic OH excluding ortho intramolecular Hbond substituents is 1. The topological polar surface area (TPSA) is 155 Å². The van der Waals surface area contributed by atoms with Crippen LogP contribution in [0, 0.1) is 23.7 Å². The molecule has 2 N–H and O–H groups in total. The minimum atomic E-state index is -4.78. The number of pyridine rings is 1. The predicted octanol–water partition coefficient (Wildman–Crippen LogP) is 10.6. The Morgan fingerprint density at radius 3 is 2.32 bits per heavy atom. The van der Waals surface area contributed by atoms with Gasteiger partial charge in [0.25, 0.3) is 11.8 Å². The number of fused-ring (bicyclic) bond motifs is 5. The number of carbonyl (C=O) groups excluding carboxylic acids is 4. The number of aromatic hydroxyl groups is 1. The van der Waals surface area contributed by atoms with Crippen LogP contribution in [0.2, 0.25) is 10.0 Å². The Labute approximate surface area is 393 Å². The first-order valence-corrected chi connectivity index (χ1v) is 22.3. The first-order chi connectivity index (χ1) is 31.0. The number of oxazole rings is 1. The van der Waals surface area contributed by atoms with E-state index in [4.69, 9.17) is 32.4 Å². The Kier molecular flexibility index (Phi) is 10.4. The molecule has 4 heterocycles. The lowest BCUT2D eigenvalue weighted by atomic mass is 9.49. The van der Waals surface area contributed by atoms with Gasteiger partial charge in [-0.15, -0.1) is 0 Å². The van der Waals surface area contributed by atoms with Crippen molar-refractivity contribution in [2.75, 3.05) is 17.4 Å². The lowest BCUT2D eigenvalue weighted by Crippen LogP contribution is -2.53. The third-order valence-corrected chi connectivity index (χ3v) is 15.6. The maximum atomic E-state index is 15.6. The van der Waals surface area contributed by atoms with E-state index in [-0.39, 0.29) is 28.8 Å². The molecule has 19 heteroatoms. The van der Waals surface area contributed by atoms with Crippen LogP contribution in [0.5, 0.6) is 11.5 Å². The molecule has 2 aliphatic heterocycles. The van der Waals surface area contributed by atoms with Gasteiger partial charge in [-0.2, -0.15) is 18.2 Å². The number of carbonyl (C=O) groups is 4. The molecule has 2 saturated heterocycles. The SMILES string of the molecule is COc1cc([C@H]2C3=CC[C@@H]4C(=O)N(c5ccc(-c6nc7ccccc7o6)cc5)C(=O)[C@@H]4[C@@H]3C[C@H]3C(=O)N(Nc4ncc(C(F)(F)F)cc4Cl)C(=O)[C@@]23c2ccc(Cl)cc2)c(Br)c(Br)c1O. The first-order valence-electron chi connectivity index (χ1n) is 20.0. The van der Waals surface area contributed by atoms with Crippen LogP contribution in [0.3, 0.4) is 0 Å². The first kappa shape index (κ1) is 43.2. The summed E-state index contributed by atoms with van der Waals surface area (Å²) in [5.41, 5.74) is 3.12. The molecule has 2 aliphatic carbocycles. The number of allylic oxidation sites excluding steroid dienone is 2. The Bertz CT molecular complexity index is 3030. The quantitative estimate of drug-likeness (QED) is 0.117. The monoisotopic (exact) mass is 1050 g/mol. The highest BCUT2D eigenvalue weighted by atomic mass is 79.9. The number of hydrogen-bond donors (Lipinski definition) is 2. The molecular formula is C46H30Br2Cl2F3N5O7. The zero-order valence-corrected chi connectivity index (χ0v) is 38.1. The van der Waals surface area contributed by atoms with Gasteiger partial charge in [-0.05, 0) is 122 Å². The molecule has 12 nitrogen and oxygen atoms in total. The lowest BCUT2D eigenvalue weighted by Gasteiger charge is -2.51. The van der Waals surface area contributed by atoms with Crippen LogP contribution in [0.4, 0.5) is 24.7 Å². The molecule has 4 aromatic carbocycles. The summed E-state index contributed by atoms with van der Waals surface area (Å²) in [7, 11) is 1.35. The maximum Gasteiger partial charge on any atom is 0.417 e. The highest BCUT2D eigenvalue weighted by Gasteiger charge is 2.71. The number of nitrogens with one attached hydrogen (secondary N) is 1. The van der Waals surface area contributed by atoms with E-state index in [9.17, 15) is 27.9 Å². The van der Waals surface area contributed by atoms with Gasteiger partial charge in [0.1, 0.15) is 5.52 Å². The minimum Gasteiger partial charge on any atom is -0.503 e. The van der Waals surface area contributed by atoms with Crippen molar-refractivity contribution in [1.29, 1.82) is 0 Å². The Hall–Kier alpha value is -5.75. The second-order valence-corrected chi connectivity index (χ2v) is 18.5. The number of phenols is 1. The number of hydrogen-bond acceptors (Lipinski definition) is 10. The number of rotatable bonds is 7. The van der Waals surface area contributed by atoms with Crippen molar-refractivity contribution in [1.82, 2.24) is 15.0 Å². The number of amides is 4. The third-order valence-electron chi connectivity index (χ3n) is 12.9. The molecule has 330 valence electrons. The molecule has 0 bridgehead atoms. The third kappa shape index (κ3) is 6.59. The summed E-state index contributed by atoms with van der Waals surface area (Å²) in [6.45, 7) is 0. The molecule has 1 saturated carbocycles. The summed E-state index contributed by atoms with van der Waals surface area (Å²) in [5, 5.41) is 11.6. The number of aromatic nitrogens is 2. The summed E-state index contributed by atoms with van der Waals surface area (Å²) in [4.78, 5) is 69.7. The van der Waals surface area contributed by atoms with Gasteiger partial charge in [0.2, 0.25) is 17.7 Å². The second-order valence-electron chi connectivity index (χ2n) is 16.1. The summed E-state index contributed by atoms with van der Waals surface area (Å²) in [6, 6.07) is 22.5. The second kappa shape index (κ2) is 15.7. The van der Waals surface area contributed by atoms with E-state index >= 15 is 9.59 Å². The van der Waals surface area contributed by atoms with Gasteiger partial charge in [-0.1, -0.05) is 59.1 Å². The Balaban J connectivity index is 1.11. The fourth-order valence-corrected chi connectivity index (χ4v) is 11.4. The Morgan fingerprint density at radius 2 is 1.65 bits per heavy atom. The molecule has 6 aromatic rings. The molecular weight excluding hydrogens is 1020 g/mol. The molecule has 4 aliphatic rings. The van der Waals surface area contributed by atoms with Gasteiger partial charge in [0.05, 0.1) is 51.0 Å². The fourth-order valence-electron chi connectivity index (χ4n) is 10.1. The average Bonchev–Trinajstić information content (AvgIpc) is 3.91. The predicted molar refractivity (Wildman–Crippen MR) is 239 cm³/mol. The highest BCUT2D eigenvalue weighted by molar-refractivity contribution is 9.13. The number of methoxy groups -OCH3 is 1. The number of ether oxygens (including phenoxy) is 1. The number of halogens is 7. The minimum absolute atomic E-state index is 0.0152. The fraction of sp³-hybridized carbons (Fsp3) is 0.217. The average molecular weight is 1050 g/mol. The van der Waals surface area contributed by atoms with E-state index in [2.05, 4.69) is 47.3 Å². The molecule has 10 rings (SSSR count). The van der Waals surface area contributed by atoms with Gasteiger partial charge < -0.3 is 14.3 Å². The van der Waals surface area contributed by atoms with Gasteiger partial charge in [0.15, 0.2) is 22.9 Å². The van der Waals surface area contributed by atoms with Crippen LogP contribution in [0.15, 0.2) is 116 Å². The van der Waals surface area contributed by atoms with Crippen molar-refractivity contribution in [2.24, 2.45) is 23.7 Å². The molecule has 4 amide bonds. The summed E-state index contributed by atoms with van der Waals surface area (Å²) in [6.07, 6.45) is -2.43. The van der Waals surface area contributed by atoms with Crippen LogP contribution < -0.4 is 15.1 Å². The van der Waals surface area contributed by atoms with Crippen molar-refractivity contribution in [3.63, 3.8) is 0 Å². The number of para-hydroxylation sites is 2. The van der Waals surface area contributed by atoms with Crippen molar-refractivity contribution >= 4 is 101 Å². The van der Waals surface area contributed by atoms with E-state index in [0.29, 0.717) is 71.7 Å². The van der Waals surface area contributed by atoms with E-state index < -0.39 is 81.2 Å². The van der Waals surface area contributed by atoms with Crippen LogP contribution >= 0.6 is 55.1 Å². The molecule has 0 radical (unpaired) electrons. The zero-order chi connectivity index (χ0) is 45.9. The molecule has 2 aromatic heterocycles. The number of imide groups is 2. The maximum absolute atomic E-state index is 15.6. The van der Waals surface area contributed by atoms with Crippen LogP contribution in [-0.2, 0) is 30.8 Å². The van der Waals surface area contributed by atoms with E-state index in [1.165, 1.54) is 13.2 Å².